The maximum Gasteiger partial charge on any atom is 0.261 e. The molecule has 0 saturated carbocycles. The van der Waals surface area contributed by atoms with Crippen LogP contribution in [0.1, 0.15) is 27.0 Å². The largest absolute Gasteiger partial charge is 0.379 e. The van der Waals surface area contributed by atoms with E-state index in [9.17, 15) is 4.79 Å². The molecule has 7 heteroatoms. The van der Waals surface area contributed by atoms with Crippen molar-refractivity contribution in [2.45, 2.75) is 13.0 Å². The first-order chi connectivity index (χ1) is 15.7. The Hall–Kier alpha value is -3.00. The van der Waals surface area contributed by atoms with Gasteiger partial charge >= 0.3 is 0 Å². The molecule has 4 aromatic rings. The number of carbonyl (C=O) groups is 1. The number of hydrogen-bond acceptors (Lipinski definition) is 5. The van der Waals surface area contributed by atoms with E-state index in [0.717, 1.165) is 60.0 Å². The normalized spacial score (nSPS) is 15.7. The second kappa shape index (κ2) is 9.24. The minimum atomic E-state index is -0.0845. The van der Waals surface area contributed by atoms with Gasteiger partial charge in [0.1, 0.15) is 4.83 Å². The minimum absolute atomic E-state index is 0.0488. The zero-order chi connectivity index (χ0) is 21.9. The van der Waals surface area contributed by atoms with Crippen molar-refractivity contribution in [1.82, 2.24) is 20.0 Å². The highest BCUT2D eigenvalue weighted by Gasteiger charge is 2.23. The average molecular weight is 447 g/mol. The number of rotatable bonds is 6. The van der Waals surface area contributed by atoms with Gasteiger partial charge in [-0.2, -0.15) is 5.10 Å². The number of fused-ring (bicyclic) bond motifs is 1. The van der Waals surface area contributed by atoms with E-state index in [1.165, 1.54) is 11.3 Å². The standard InChI is InChI=1S/C25H26N4O2S/c1-18-21-16-23(32-25(21)29(27-18)20-10-6-3-7-11-20)24(30)26-22(19-8-4-2-5-9-19)17-28-12-14-31-15-13-28/h2-11,16,22H,12-15,17H2,1H3,(H,26,30). The number of nitrogens with zero attached hydrogens (tertiary/aromatic N) is 3. The van der Waals surface area contributed by atoms with E-state index < -0.39 is 0 Å². The molecule has 1 aliphatic heterocycles. The third kappa shape index (κ3) is 4.32. The third-order valence-electron chi connectivity index (χ3n) is 5.82. The molecule has 0 radical (unpaired) electrons. The summed E-state index contributed by atoms with van der Waals surface area (Å²) in [5, 5.41) is 8.99. The first-order valence-electron chi connectivity index (χ1n) is 10.9. The lowest BCUT2D eigenvalue weighted by atomic mass is 10.1. The Morgan fingerprint density at radius 2 is 1.78 bits per heavy atom. The minimum Gasteiger partial charge on any atom is -0.379 e. The van der Waals surface area contributed by atoms with Gasteiger partial charge in [0, 0.05) is 25.0 Å². The molecule has 0 bridgehead atoms. The SMILES string of the molecule is Cc1nn(-c2ccccc2)c2sc(C(=O)NC(CN3CCOCC3)c3ccccc3)cc12. The number of thiophene rings is 1. The van der Waals surface area contributed by atoms with Crippen LogP contribution < -0.4 is 5.32 Å². The molecule has 1 aliphatic rings. The molecule has 1 atom stereocenters. The van der Waals surface area contributed by atoms with Gasteiger partial charge in [0.05, 0.1) is 35.5 Å². The molecule has 164 valence electrons. The monoisotopic (exact) mass is 446 g/mol. The van der Waals surface area contributed by atoms with Crippen molar-refractivity contribution in [3.8, 4) is 5.69 Å². The van der Waals surface area contributed by atoms with Gasteiger partial charge in [0.15, 0.2) is 0 Å². The average Bonchev–Trinajstić information content (AvgIpc) is 3.41. The Kier molecular flexibility index (Phi) is 6.03. The summed E-state index contributed by atoms with van der Waals surface area (Å²) >= 11 is 1.49. The Morgan fingerprint density at radius 3 is 2.50 bits per heavy atom. The van der Waals surface area contributed by atoms with E-state index in [4.69, 9.17) is 4.74 Å². The molecule has 1 fully saturated rings. The number of ether oxygens (including phenoxy) is 1. The van der Waals surface area contributed by atoms with Gasteiger partial charge in [-0.1, -0.05) is 48.5 Å². The highest BCUT2D eigenvalue weighted by atomic mass is 32.1. The van der Waals surface area contributed by atoms with Crippen molar-refractivity contribution in [3.63, 3.8) is 0 Å². The molecule has 0 aliphatic carbocycles. The van der Waals surface area contributed by atoms with Gasteiger partial charge < -0.3 is 10.1 Å². The summed E-state index contributed by atoms with van der Waals surface area (Å²) in [6.07, 6.45) is 0. The summed E-state index contributed by atoms with van der Waals surface area (Å²) < 4.78 is 7.41. The quantitative estimate of drug-likeness (QED) is 0.482. The van der Waals surface area contributed by atoms with Crippen molar-refractivity contribution in [2.24, 2.45) is 0 Å². The lowest BCUT2D eigenvalue weighted by Crippen LogP contribution is -2.43. The van der Waals surface area contributed by atoms with Gasteiger partial charge in [0.2, 0.25) is 0 Å². The number of nitrogens with one attached hydrogen (secondary N) is 1. The molecule has 1 saturated heterocycles. The summed E-state index contributed by atoms with van der Waals surface area (Å²) in [5.74, 6) is -0.0488. The highest BCUT2D eigenvalue weighted by Crippen LogP contribution is 2.31. The summed E-state index contributed by atoms with van der Waals surface area (Å²) in [5.41, 5.74) is 3.03. The second-order valence-corrected chi connectivity index (χ2v) is 9.04. The van der Waals surface area contributed by atoms with Crippen LogP contribution in [-0.2, 0) is 4.74 Å². The molecule has 3 heterocycles. The van der Waals surface area contributed by atoms with Crippen molar-refractivity contribution in [1.29, 1.82) is 0 Å². The number of morpholine rings is 1. The molecule has 1 amide bonds. The number of para-hydroxylation sites is 1. The number of benzene rings is 2. The zero-order valence-electron chi connectivity index (χ0n) is 18.0. The second-order valence-electron chi connectivity index (χ2n) is 8.01. The highest BCUT2D eigenvalue weighted by molar-refractivity contribution is 7.20. The molecular formula is C25H26N4O2S. The third-order valence-corrected chi connectivity index (χ3v) is 6.93. The summed E-state index contributed by atoms with van der Waals surface area (Å²) in [6.45, 7) is 5.99. The summed E-state index contributed by atoms with van der Waals surface area (Å²) in [7, 11) is 0. The molecule has 1 unspecified atom stereocenters. The van der Waals surface area contributed by atoms with Crippen LogP contribution in [0.15, 0.2) is 66.7 Å². The van der Waals surface area contributed by atoms with Gasteiger partial charge in [-0.3, -0.25) is 9.69 Å². The fraction of sp³-hybridized carbons (Fsp3) is 0.280. The van der Waals surface area contributed by atoms with Crippen LogP contribution in [0, 0.1) is 6.92 Å². The molecule has 2 aromatic heterocycles. The van der Waals surface area contributed by atoms with Crippen LogP contribution in [0.5, 0.6) is 0 Å². The van der Waals surface area contributed by atoms with E-state index in [2.05, 4.69) is 27.4 Å². The van der Waals surface area contributed by atoms with Crippen molar-refractivity contribution in [3.05, 3.63) is 82.9 Å². The molecule has 5 rings (SSSR count). The van der Waals surface area contributed by atoms with Crippen LogP contribution in [0.25, 0.3) is 15.9 Å². The molecule has 1 N–H and O–H groups in total. The van der Waals surface area contributed by atoms with Crippen LogP contribution in [0.2, 0.25) is 0 Å². The van der Waals surface area contributed by atoms with Gasteiger partial charge in [-0.15, -0.1) is 11.3 Å². The lowest BCUT2D eigenvalue weighted by molar-refractivity contribution is 0.0332. The van der Waals surface area contributed by atoms with Gasteiger partial charge in [-0.25, -0.2) is 4.68 Å². The Bertz CT molecular complexity index is 1200. The predicted octanol–water partition coefficient (Wildman–Crippen LogP) is 4.20. The fourth-order valence-corrected chi connectivity index (χ4v) is 5.18. The summed E-state index contributed by atoms with van der Waals surface area (Å²) in [6, 6.07) is 22.1. The lowest BCUT2D eigenvalue weighted by Gasteiger charge is -2.31. The Balaban J connectivity index is 1.41. The number of amides is 1. The molecule has 2 aromatic carbocycles. The van der Waals surface area contributed by atoms with E-state index in [1.807, 2.05) is 66.2 Å². The van der Waals surface area contributed by atoms with Crippen LogP contribution in [0.3, 0.4) is 0 Å². The van der Waals surface area contributed by atoms with Crippen LogP contribution in [-0.4, -0.2) is 53.4 Å². The Morgan fingerprint density at radius 1 is 1.09 bits per heavy atom. The van der Waals surface area contributed by atoms with Gasteiger partial charge in [0.25, 0.3) is 5.91 Å². The molecule has 32 heavy (non-hydrogen) atoms. The van der Waals surface area contributed by atoms with Crippen molar-refractivity contribution < 1.29 is 9.53 Å². The van der Waals surface area contributed by atoms with Crippen molar-refractivity contribution >= 4 is 27.5 Å². The fourth-order valence-electron chi connectivity index (χ4n) is 4.09. The van der Waals surface area contributed by atoms with E-state index in [-0.39, 0.29) is 11.9 Å². The summed E-state index contributed by atoms with van der Waals surface area (Å²) in [4.78, 5) is 17.4. The smallest absolute Gasteiger partial charge is 0.261 e. The molecule has 0 spiro atoms. The van der Waals surface area contributed by atoms with Crippen molar-refractivity contribution in [2.75, 3.05) is 32.8 Å². The van der Waals surface area contributed by atoms with E-state index in [1.54, 1.807) is 0 Å². The molecule has 6 nitrogen and oxygen atoms in total. The first kappa shape index (κ1) is 20.9. The maximum absolute atomic E-state index is 13.3. The van der Waals surface area contributed by atoms with E-state index in [0.29, 0.717) is 4.88 Å². The van der Waals surface area contributed by atoms with Gasteiger partial charge in [-0.05, 0) is 30.7 Å². The van der Waals surface area contributed by atoms with Crippen LogP contribution in [0.4, 0.5) is 0 Å². The molecular weight excluding hydrogens is 420 g/mol. The van der Waals surface area contributed by atoms with E-state index >= 15 is 0 Å². The number of aryl methyl sites for hydroxylation is 1. The topological polar surface area (TPSA) is 59.4 Å². The number of aromatic nitrogens is 2. The predicted molar refractivity (Wildman–Crippen MR) is 128 cm³/mol. The Labute approximate surface area is 191 Å². The maximum atomic E-state index is 13.3. The number of hydrogen-bond donors (Lipinski definition) is 1. The first-order valence-corrected chi connectivity index (χ1v) is 11.7. The zero-order valence-corrected chi connectivity index (χ0v) is 18.8. The number of carbonyl (C=O) groups excluding carboxylic acids is 1. The van der Waals surface area contributed by atoms with Crippen LogP contribution >= 0.6 is 11.3 Å².